The molecule has 126 valence electrons. The first kappa shape index (κ1) is 17.4. The first-order chi connectivity index (χ1) is 11.6. The second-order valence-corrected chi connectivity index (χ2v) is 4.85. The molecule has 5 nitrogen and oxygen atoms in total. The largest absolute Gasteiger partial charge is 0.496 e. The number of allylic oxidation sites excluding steroid dienone is 1. The van der Waals surface area contributed by atoms with Crippen LogP contribution in [0.1, 0.15) is 15.9 Å². The van der Waals surface area contributed by atoms with Crippen LogP contribution in [0, 0.1) is 0 Å². The summed E-state index contributed by atoms with van der Waals surface area (Å²) in [5.41, 5.74) is 1.20. The number of ketones is 1. The predicted molar refractivity (Wildman–Crippen MR) is 92.5 cm³/mol. The Labute approximate surface area is 141 Å². The van der Waals surface area contributed by atoms with Crippen LogP contribution in [0.4, 0.5) is 0 Å². The maximum atomic E-state index is 12.4. The Hall–Kier alpha value is -2.95. The zero-order chi connectivity index (χ0) is 17.5. The predicted octanol–water partition coefficient (Wildman–Crippen LogP) is 3.62. The number of ether oxygens (including phenoxy) is 4. The fourth-order valence-electron chi connectivity index (χ4n) is 2.29. The highest BCUT2D eigenvalue weighted by Crippen LogP contribution is 2.35. The van der Waals surface area contributed by atoms with Gasteiger partial charge in [0.2, 0.25) is 0 Å². The van der Waals surface area contributed by atoms with Crippen LogP contribution in [0.25, 0.3) is 6.08 Å². The van der Waals surface area contributed by atoms with Crippen molar-refractivity contribution < 1.29 is 23.7 Å². The fraction of sp³-hybridized carbons (Fsp3) is 0.211. The molecule has 2 rings (SSSR count). The van der Waals surface area contributed by atoms with Gasteiger partial charge in [-0.1, -0.05) is 12.1 Å². The maximum absolute atomic E-state index is 12.4. The lowest BCUT2D eigenvalue weighted by Crippen LogP contribution is -1.99. The van der Waals surface area contributed by atoms with Crippen LogP contribution in [-0.2, 0) is 0 Å². The molecule has 2 aromatic carbocycles. The molecule has 0 aliphatic rings. The number of carbonyl (C=O) groups is 1. The molecule has 5 heteroatoms. The van der Waals surface area contributed by atoms with E-state index < -0.39 is 0 Å². The molecule has 0 N–H and O–H groups in total. The third kappa shape index (κ3) is 3.68. The molecule has 0 aliphatic carbocycles. The number of para-hydroxylation sites is 1. The standard InChI is InChI=1S/C19H20O5/c1-21-16-8-6-5-7-14(16)15(20)10-9-13-11-18(23-3)19(24-4)12-17(13)22-2/h5-12H,1-4H3/b10-9+. The van der Waals surface area contributed by atoms with E-state index in [1.165, 1.54) is 13.2 Å². The van der Waals surface area contributed by atoms with Gasteiger partial charge >= 0.3 is 0 Å². The third-order valence-electron chi connectivity index (χ3n) is 3.52. The Morgan fingerprint density at radius 3 is 2.00 bits per heavy atom. The fourth-order valence-corrected chi connectivity index (χ4v) is 2.29. The molecule has 0 aromatic heterocycles. The van der Waals surface area contributed by atoms with Crippen molar-refractivity contribution in [3.8, 4) is 23.0 Å². The van der Waals surface area contributed by atoms with Gasteiger partial charge in [0, 0.05) is 11.6 Å². The van der Waals surface area contributed by atoms with Gasteiger partial charge in [0.15, 0.2) is 17.3 Å². The smallest absolute Gasteiger partial charge is 0.189 e. The van der Waals surface area contributed by atoms with Crippen LogP contribution in [0.5, 0.6) is 23.0 Å². The Balaban J connectivity index is 2.35. The van der Waals surface area contributed by atoms with Gasteiger partial charge in [0.05, 0.1) is 34.0 Å². The molecule has 0 saturated heterocycles. The average Bonchev–Trinajstić information content (AvgIpc) is 2.65. The van der Waals surface area contributed by atoms with Crippen molar-refractivity contribution in [2.24, 2.45) is 0 Å². The molecule has 0 fully saturated rings. The van der Waals surface area contributed by atoms with Crippen molar-refractivity contribution in [3.63, 3.8) is 0 Å². The molecule has 24 heavy (non-hydrogen) atoms. The van der Waals surface area contributed by atoms with Gasteiger partial charge in [-0.2, -0.15) is 0 Å². The lowest BCUT2D eigenvalue weighted by atomic mass is 10.1. The Bertz CT molecular complexity index is 749. The van der Waals surface area contributed by atoms with Crippen LogP contribution in [0.3, 0.4) is 0 Å². The van der Waals surface area contributed by atoms with Gasteiger partial charge in [0.25, 0.3) is 0 Å². The molecule has 0 aliphatic heterocycles. The van der Waals surface area contributed by atoms with Crippen molar-refractivity contribution >= 4 is 11.9 Å². The zero-order valence-electron chi connectivity index (χ0n) is 14.2. The number of methoxy groups -OCH3 is 4. The van der Waals surface area contributed by atoms with Crippen molar-refractivity contribution in [3.05, 3.63) is 53.6 Å². The van der Waals surface area contributed by atoms with E-state index in [4.69, 9.17) is 18.9 Å². The van der Waals surface area contributed by atoms with Crippen LogP contribution in [-0.4, -0.2) is 34.2 Å². The summed E-state index contributed by atoms with van der Waals surface area (Å²) in [5, 5.41) is 0. The van der Waals surface area contributed by atoms with E-state index in [2.05, 4.69) is 0 Å². The molecule has 0 atom stereocenters. The van der Waals surface area contributed by atoms with E-state index in [0.717, 1.165) is 0 Å². The lowest BCUT2D eigenvalue weighted by Gasteiger charge is -2.12. The highest BCUT2D eigenvalue weighted by molar-refractivity contribution is 6.08. The van der Waals surface area contributed by atoms with Crippen molar-refractivity contribution in [1.82, 2.24) is 0 Å². The second kappa shape index (κ2) is 8.06. The number of hydrogen-bond acceptors (Lipinski definition) is 5. The molecule has 0 saturated carbocycles. The Kier molecular flexibility index (Phi) is 5.84. The number of benzene rings is 2. The molecule has 0 heterocycles. The minimum absolute atomic E-state index is 0.163. The monoisotopic (exact) mass is 328 g/mol. The summed E-state index contributed by atoms with van der Waals surface area (Å²) in [6.45, 7) is 0. The van der Waals surface area contributed by atoms with E-state index in [-0.39, 0.29) is 5.78 Å². The quantitative estimate of drug-likeness (QED) is 0.574. The normalized spacial score (nSPS) is 10.5. The van der Waals surface area contributed by atoms with E-state index in [9.17, 15) is 4.79 Å². The summed E-state index contributed by atoms with van der Waals surface area (Å²) in [7, 11) is 6.20. The Morgan fingerprint density at radius 2 is 1.38 bits per heavy atom. The van der Waals surface area contributed by atoms with Crippen molar-refractivity contribution in [2.45, 2.75) is 0 Å². The first-order valence-corrected chi connectivity index (χ1v) is 7.30. The minimum Gasteiger partial charge on any atom is -0.496 e. The highest BCUT2D eigenvalue weighted by atomic mass is 16.5. The van der Waals surface area contributed by atoms with Gasteiger partial charge in [-0.15, -0.1) is 0 Å². The van der Waals surface area contributed by atoms with Gasteiger partial charge in [-0.25, -0.2) is 0 Å². The summed E-state index contributed by atoms with van der Waals surface area (Å²) in [4.78, 5) is 12.4. The molecule has 0 spiro atoms. The van der Waals surface area contributed by atoms with E-state index in [1.807, 2.05) is 6.07 Å². The van der Waals surface area contributed by atoms with Crippen LogP contribution in [0.15, 0.2) is 42.5 Å². The van der Waals surface area contributed by atoms with Crippen LogP contribution in [0.2, 0.25) is 0 Å². The molecule has 0 bridgehead atoms. The number of rotatable bonds is 7. The summed E-state index contributed by atoms with van der Waals surface area (Å²) in [5.74, 6) is 2.07. The lowest BCUT2D eigenvalue weighted by molar-refractivity contribution is 0.104. The van der Waals surface area contributed by atoms with Gasteiger partial charge in [-0.3, -0.25) is 4.79 Å². The second-order valence-electron chi connectivity index (χ2n) is 4.85. The highest BCUT2D eigenvalue weighted by Gasteiger charge is 2.12. The van der Waals surface area contributed by atoms with Crippen LogP contribution < -0.4 is 18.9 Å². The minimum atomic E-state index is -0.163. The van der Waals surface area contributed by atoms with Crippen LogP contribution >= 0.6 is 0 Å². The average molecular weight is 328 g/mol. The Morgan fingerprint density at radius 1 is 0.792 bits per heavy atom. The molecule has 0 radical (unpaired) electrons. The third-order valence-corrected chi connectivity index (χ3v) is 3.52. The SMILES string of the molecule is COc1cc(OC)c(OC)cc1/C=C/C(=O)c1ccccc1OC. The van der Waals surface area contributed by atoms with E-state index >= 15 is 0 Å². The van der Waals surface area contributed by atoms with E-state index in [1.54, 1.807) is 57.7 Å². The van der Waals surface area contributed by atoms with Crippen molar-refractivity contribution in [2.75, 3.05) is 28.4 Å². The molecule has 0 amide bonds. The van der Waals surface area contributed by atoms with Gasteiger partial charge < -0.3 is 18.9 Å². The van der Waals surface area contributed by atoms with Gasteiger partial charge in [-0.05, 0) is 30.4 Å². The number of carbonyl (C=O) groups excluding carboxylic acids is 1. The summed E-state index contributed by atoms with van der Waals surface area (Å²) < 4.78 is 21.1. The molecule has 0 unspecified atom stereocenters. The van der Waals surface area contributed by atoms with E-state index in [0.29, 0.717) is 34.1 Å². The summed E-state index contributed by atoms with van der Waals surface area (Å²) in [6, 6.07) is 10.5. The molecule has 2 aromatic rings. The summed E-state index contributed by atoms with van der Waals surface area (Å²) in [6.07, 6.45) is 3.15. The summed E-state index contributed by atoms with van der Waals surface area (Å²) >= 11 is 0. The van der Waals surface area contributed by atoms with Gasteiger partial charge in [0.1, 0.15) is 11.5 Å². The topological polar surface area (TPSA) is 54.0 Å². The number of hydrogen-bond donors (Lipinski definition) is 0. The maximum Gasteiger partial charge on any atom is 0.189 e. The zero-order valence-corrected chi connectivity index (χ0v) is 14.2. The first-order valence-electron chi connectivity index (χ1n) is 7.30. The molecular weight excluding hydrogens is 308 g/mol. The molecular formula is C19H20O5. The van der Waals surface area contributed by atoms with Crippen molar-refractivity contribution in [1.29, 1.82) is 0 Å².